The Bertz CT molecular complexity index is 276. The molecule has 1 N–H and O–H groups in total. The fraction of sp³-hybridized carbons (Fsp3) is 0.250. The maximum atomic E-state index is 10.5. The van der Waals surface area contributed by atoms with Crippen LogP contribution < -0.4 is 0 Å². The molecule has 0 aliphatic carbocycles. The van der Waals surface area contributed by atoms with E-state index in [2.05, 4.69) is 0 Å². The van der Waals surface area contributed by atoms with Crippen LogP contribution in [-0.4, -0.2) is 4.89 Å². The van der Waals surface area contributed by atoms with Gasteiger partial charge in [0.1, 0.15) is 0 Å². The summed E-state index contributed by atoms with van der Waals surface area (Å²) in [6.45, 7) is 1.94. The highest BCUT2D eigenvalue weighted by Gasteiger charge is 1.98. The number of benzene rings is 1. The fourth-order valence-corrected chi connectivity index (χ4v) is 1.69. The van der Waals surface area contributed by atoms with Gasteiger partial charge >= 0.3 is 0 Å². The monoisotopic (exact) mass is 206 g/mol. The van der Waals surface area contributed by atoms with Gasteiger partial charge in [-0.1, -0.05) is 24.3 Å². The third-order valence-electron chi connectivity index (χ3n) is 1.60. The van der Waals surface area contributed by atoms with Crippen LogP contribution in [0.25, 0.3) is 0 Å². The lowest BCUT2D eigenvalue weighted by Crippen LogP contribution is -1.83. The van der Waals surface area contributed by atoms with Gasteiger partial charge in [0, 0.05) is 6.16 Å². The van der Waals surface area contributed by atoms with Gasteiger partial charge in [0.05, 0.1) is 0 Å². The van der Waals surface area contributed by atoms with Gasteiger partial charge in [0.25, 0.3) is 0 Å². The van der Waals surface area contributed by atoms with E-state index in [1.807, 2.05) is 31.2 Å². The zero-order valence-corrected chi connectivity index (χ0v) is 8.60. The summed E-state index contributed by atoms with van der Waals surface area (Å²) in [5, 5.41) is 0. The molecule has 1 aromatic rings. The Labute approximate surface area is 78.9 Å². The van der Waals surface area contributed by atoms with Crippen molar-refractivity contribution in [1.29, 1.82) is 0 Å². The van der Waals surface area contributed by atoms with Gasteiger partial charge < -0.3 is 4.89 Å². The molecule has 0 saturated heterocycles. The first-order valence-corrected chi connectivity index (χ1v) is 5.02. The van der Waals surface area contributed by atoms with Gasteiger partial charge in [-0.2, -0.15) is 0 Å². The third-order valence-corrected chi connectivity index (χ3v) is 2.29. The van der Waals surface area contributed by atoms with E-state index in [0.29, 0.717) is 6.16 Å². The van der Waals surface area contributed by atoms with Crippen LogP contribution in [0, 0.1) is 6.92 Å². The van der Waals surface area contributed by atoms with Gasteiger partial charge in [-0.15, -0.1) is 12.4 Å². The highest BCUT2D eigenvalue weighted by molar-refractivity contribution is 7.37. The van der Waals surface area contributed by atoms with E-state index in [-0.39, 0.29) is 12.4 Å². The van der Waals surface area contributed by atoms with Crippen LogP contribution in [0.5, 0.6) is 0 Å². The minimum absolute atomic E-state index is 0. The summed E-state index contributed by atoms with van der Waals surface area (Å²) in [6.07, 6.45) is 0.303. The molecule has 0 aromatic heterocycles. The van der Waals surface area contributed by atoms with Crippen molar-refractivity contribution in [3.05, 3.63) is 35.4 Å². The molecule has 1 unspecified atom stereocenters. The summed E-state index contributed by atoms with van der Waals surface area (Å²) in [5.74, 6) is 0. The van der Waals surface area contributed by atoms with Crippen LogP contribution in [0.3, 0.4) is 0 Å². The van der Waals surface area contributed by atoms with Gasteiger partial charge in [0.2, 0.25) is 0 Å². The maximum Gasteiger partial charge on any atom is 0.193 e. The van der Waals surface area contributed by atoms with Crippen LogP contribution in [0.2, 0.25) is 0 Å². The molecule has 0 spiro atoms. The minimum atomic E-state index is -2.36. The summed E-state index contributed by atoms with van der Waals surface area (Å²) >= 11 is 0. The lowest BCUT2D eigenvalue weighted by Gasteiger charge is -2.00. The highest BCUT2D eigenvalue weighted by Crippen LogP contribution is 2.22. The van der Waals surface area contributed by atoms with Gasteiger partial charge in [-0.3, -0.25) is 4.57 Å². The summed E-state index contributed by atoms with van der Waals surface area (Å²) in [6, 6.07) is 7.63. The maximum absolute atomic E-state index is 10.5. The number of hydrogen-bond acceptors (Lipinski definition) is 1. The van der Waals surface area contributed by atoms with Crippen LogP contribution in [0.4, 0.5) is 0 Å². The van der Waals surface area contributed by atoms with Gasteiger partial charge in [0.15, 0.2) is 8.03 Å². The smallest absolute Gasteiger partial charge is 0.193 e. The number of hydrogen-bond donors (Lipinski definition) is 1. The predicted molar refractivity (Wildman–Crippen MR) is 53.4 cm³/mol. The standard InChI is InChI=1S/C8H11O2P.ClH/c1-7-4-2-3-5-8(7)6-11(9)10;/h2-5,11H,6H2,1H3,(H,9,10);1H. The number of halogens is 1. The second kappa shape index (κ2) is 5.36. The van der Waals surface area contributed by atoms with Crippen molar-refractivity contribution in [3.63, 3.8) is 0 Å². The Morgan fingerprint density at radius 2 is 2.00 bits per heavy atom. The molecule has 1 atom stereocenters. The van der Waals surface area contributed by atoms with Crippen molar-refractivity contribution in [2.75, 3.05) is 0 Å². The fourth-order valence-electron chi connectivity index (χ4n) is 0.971. The average molecular weight is 207 g/mol. The average Bonchev–Trinajstić information content (AvgIpc) is 1.93. The Hall–Kier alpha value is -0.300. The Kier molecular flexibility index (Phi) is 5.23. The topological polar surface area (TPSA) is 37.3 Å². The van der Waals surface area contributed by atoms with Gasteiger partial charge in [-0.05, 0) is 18.1 Å². The first-order valence-electron chi connectivity index (χ1n) is 3.46. The molecule has 0 aliphatic rings. The van der Waals surface area contributed by atoms with Crippen LogP contribution >= 0.6 is 20.4 Å². The molecule has 0 amide bonds. The molecule has 0 bridgehead atoms. The van der Waals surface area contributed by atoms with Crippen molar-refractivity contribution in [2.45, 2.75) is 13.1 Å². The minimum Gasteiger partial charge on any atom is -0.346 e. The summed E-state index contributed by atoms with van der Waals surface area (Å²) < 4.78 is 10.5. The molecule has 0 fully saturated rings. The van der Waals surface area contributed by atoms with Crippen molar-refractivity contribution >= 4 is 20.4 Å². The second-order valence-electron chi connectivity index (χ2n) is 2.50. The molecule has 12 heavy (non-hydrogen) atoms. The molecule has 0 heterocycles. The molecule has 0 aliphatic heterocycles. The molecule has 68 valence electrons. The zero-order valence-electron chi connectivity index (χ0n) is 6.78. The van der Waals surface area contributed by atoms with E-state index < -0.39 is 8.03 Å². The molecule has 2 nitrogen and oxygen atoms in total. The summed E-state index contributed by atoms with van der Waals surface area (Å²) in [4.78, 5) is 8.68. The van der Waals surface area contributed by atoms with E-state index in [9.17, 15) is 4.57 Å². The summed E-state index contributed by atoms with van der Waals surface area (Å²) in [5.41, 5.74) is 2.05. The van der Waals surface area contributed by atoms with Crippen LogP contribution in [-0.2, 0) is 10.7 Å². The lowest BCUT2D eigenvalue weighted by atomic mass is 10.1. The van der Waals surface area contributed by atoms with Crippen molar-refractivity contribution in [1.82, 2.24) is 0 Å². The number of aryl methyl sites for hydroxylation is 1. The molecule has 4 heteroatoms. The largest absolute Gasteiger partial charge is 0.346 e. The molecule has 0 saturated carbocycles. The number of rotatable bonds is 2. The van der Waals surface area contributed by atoms with Gasteiger partial charge in [-0.25, -0.2) is 0 Å². The van der Waals surface area contributed by atoms with E-state index in [1.165, 1.54) is 0 Å². The third kappa shape index (κ3) is 3.40. The van der Waals surface area contributed by atoms with E-state index >= 15 is 0 Å². The molecule has 1 rings (SSSR count). The Morgan fingerprint density at radius 3 is 2.50 bits per heavy atom. The van der Waals surface area contributed by atoms with Crippen molar-refractivity contribution in [2.24, 2.45) is 0 Å². The first-order chi connectivity index (χ1) is 5.20. The normalized spacial score (nSPS) is 11.8. The van der Waals surface area contributed by atoms with Crippen molar-refractivity contribution < 1.29 is 9.46 Å². The first kappa shape index (κ1) is 11.7. The zero-order chi connectivity index (χ0) is 8.27. The quantitative estimate of drug-likeness (QED) is 0.755. The summed E-state index contributed by atoms with van der Waals surface area (Å²) in [7, 11) is -2.36. The molecular formula is C8H12ClO2P. The van der Waals surface area contributed by atoms with E-state index in [1.54, 1.807) is 0 Å². The van der Waals surface area contributed by atoms with Crippen LogP contribution in [0.1, 0.15) is 11.1 Å². The SMILES string of the molecule is Cc1ccccc1C[PH](=O)O.Cl. The second-order valence-corrected chi connectivity index (χ2v) is 3.64. The lowest BCUT2D eigenvalue weighted by molar-refractivity contribution is 0.502. The van der Waals surface area contributed by atoms with E-state index in [0.717, 1.165) is 11.1 Å². The molecule has 0 radical (unpaired) electrons. The van der Waals surface area contributed by atoms with Crippen LogP contribution in [0.15, 0.2) is 24.3 Å². The molecular weight excluding hydrogens is 195 g/mol. The Morgan fingerprint density at radius 1 is 1.42 bits per heavy atom. The highest BCUT2D eigenvalue weighted by atomic mass is 35.5. The Balaban J connectivity index is 0.00000121. The van der Waals surface area contributed by atoms with Crippen molar-refractivity contribution in [3.8, 4) is 0 Å². The molecule has 1 aromatic carbocycles. The van der Waals surface area contributed by atoms with E-state index in [4.69, 9.17) is 4.89 Å². The predicted octanol–water partition coefficient (Wildman–Crippen LogP) is 2.38.